The normalized spacial score (nSPS) is 12.5. The van der Waals surface area contributed by atoms with Crippen molar-refractivity contribution in [2.75, 3.05) is 19.7 Å². The minimum atomic E-state index is 0.394. The van der Waals surface area contributed by atoms with Crippen molar-refractivity contribution in [2.24, 2.45) is 0 Å². The van der Waals surface area contributed by atoms with Gasteiger partial charge in [0.05, 0.1) is 25.1 Å². The average Bonchev–Trinajstić information content (AvgIpc) is 2.59. The zero-order valence-electron chi connectivity index (χ0n) is 15.5. The highest BCUT2D eigenvalue weighted by molar-refractivity contribution is 5.84. The van der Waals surface area contributed by atoms with Crippen molar-refractivity contribution in [1.82, 2.24) is 0 Å². The number of pyridine rings is 1. The Labute approximate surface area is 145 Å². The van der Waals surface area contributed by atoms with Crippen LogP contribution in [0.5, 0.6) is 11.5 Å². The van der Waals surface area contributed by atoms with E-state index in [1.165, 1.54) is 17.7 Å². The second-order valence-corrected chi connectivity index (χ2v) is 6.52. The van der Waals surface area contributed by atoms with Gasteiger partial charge in [0.1, 0.15) is 23.6 Å². The van der Waals surface area contributed by atoms with Crippen molar-refractivity contribution in [2.45, 2.75) is 53.5 Å². The number of hydrogen-bond acceptors (Lipinski definition) is 2. The number of aromatic amines is 1. The molecule has 0 aliphatic heterocycles. The molecule has 0 aliphatic rings. The molecular weight excluding hydrogens is 300 g/mol. The quantitative estimate of drug-likeness (QED) is 0.742. The monoisotopic (exact) mass is 332 g/mol. The first kappa shape index (κ1) is 18.5. The molecule has 0 aliphatic carbocycles. The Kier molecular flexibility index (Phi) is 6.85. The van der Waals surface area contributed by atoms with Crippen LogP contribution in [-0.2, 0) is 6.54 Å². The number of unbranched alkanes of at least 4 members (excludes halogenated alkanes) is 1. The smallest absolute Gasteiger partial charge is 0.215 e. The third-order valence-corrected chi connectivity index (χ3v) is 4.59. The lowest BCUT2D eigenvalue weighted by Gasteiger charge is -2.18. The number of rotatable bonds is 9. The van der Waals surface area contributed by atoms with E-state index < -0.39 is 0 Å². The number of aromatic nitrogens is 1. The Morgan fingerprint density at radius 2 is 1.96 bits per heavy atom. The minimum absolute atomic E-state index is 0.394. The number of ether oxygens (including phenoxy) is 1. The molecule has 132 valence electrons. The van der Waals surface area contributed by atoms with Gasteiger partial charge in [-0.25, -0.2) is 4.98 Å². The van der Waals surface area contributed by atoms with Crippen molar-refractivity contribution < 1.29 is 19.7 Å². The number of hydrogen-bond donors (Lipinski definition) is 2. The van der Waals surface area contributed by atoms with Gasteiger partial charge in [-0.3, -0.25) is 0 Å². The van der Waals surface area contributed by atoms with Crippen LogP contribution in [0.2, 0.25) is 0 Å². The summed E-state index contributed by atoms with van der Waals surface area (Å²) >= 11 is 0. The first-order chi connectivity index (χ1) is 11.6. The van der Waals surface area contributed by atoms with Crippen LogP contribution >= 0.6 is 0 Å². The van der Waals surface area contributed by atoms with Crippen molar-refractivity contribution in [3.63, 3.8) is 0 Å². The summed E-state index contributed by atoms with van der Waals surface area (Å²) in [6.07, 6.45) is 3.40. The van der Waals surface area contributed by atoms with E-state index in [-0.39, 0.29) is 0 Å². The molecule has 2 rings (SSSR count). The number of fused-ring (bicyclic) bond motifs is 1. The predicted molar refractivity (Wildman–Crippen MR) is 97.7 cm³/mol. The van der Waals surface area contributed by atoms with E-state index in [1.807, 2.05) is 25.1 Å². The zero-order valence-corrected chi connectivity index (χ0v) is 15.5. The average molecular weight is 332 g/mol. The molecule has 0 amide bonds. The lowest BCUT2D eigenvalue weighted by atomic mass is 10.1. The number of aromatic hydroxyl groups is 1. The highest BCUT2D eigenvalue weighted by Crippen LogP contribution is 2.30. The van der Waals surface area contributed by atoms with Gasteiger partial charge >= 0.3 is 0 Å². The molecule has 1 heterocycles. The third kappa shape index (κ3) is 4.38. The van der Waals surface area contributed by atoms with Crippen molar-refractivity contribution >= 4 is 10.9 Å². The van der Waals surface area contributed by atoms with Gasteiger partial charge in [-0.2, -0.15) is 0 Å². The molecule has 4 nitrogen and oxygen atoms in total. The fourth-order valence-corrected chi connectivity index (χ4v) is 3.04. The number of H-pyrrole nitrogens is 1. The summed E-state index contributed by atoms with van der Waals surface area (Å²) in [5, 5.41) is 11.7. The lowest BCUT2D eigenvalue weighted by molar-refractivity contribution is -0.912. The fraction of sp³-hybridized carbons (Fsp3) is 0.550. The highest BCUT2D eigenvalue weighted by Gasteiger charge is 2.21. The maximum atomic E-state index is 10.9. The molecule has 4 heteroatoms. The van der Waals surface area contributed by atoms with E-state index in [1.54, 1.807) is 0 Å². The summed E-state index contributed by atoms with van der Waals surface area (Å²) < 4.78 is 5.71. The minimum Gasteiger partial charge on any atom is -0.506 e. The molecule has 3 N–H and O–H groups in total. The van der Waals surface area contributed by atoms with E-state index >= 15 is 0 Å². The Bertz CT molecular complexity index is 670. The molecular formula is C20H32N2O2+2. The van der Waals surface area contributed by atoms with Crippen LogP contribution in [0, 0.1) is 6.92 Å². The molecule has 0 saturated heterocycles. The summed E-state index contributed by atoms with van der Waals surface area (Å²) in [5.41, 5.74) is 3.01. The molecule has 0 spiro atoms. The largest absolute Gasteiger partial charge is 0.506 e. The summed E-state index contributed by atoms with van der Waals surface area (Å²) in [6.45, 7) is 12.3. The van der Waals surface area contributed by atoms with Crippen LogP contribution < -0.4 is 14.6 Å². The first-order valence-electron chi connectivity index (χ1n) is 9.24. The zero-order chi connectivity index (χ0) is 17.5. The van der Waals surface area contributed by atoms with Crippen LogP contribution in [-0.4, -0.2) is 24.8 Å². The molecule has 1 aromatic carbocycles. The molecule has 1 unspecified atom stereocenters. The highest BCUT2D eigenvalue weighted by atomic mass is 16.5. The van der Waals surface area contributed by atoms with Crippen LogP contribution in [0.4, 0.5) is 0 Å². The molecule has 1 atom stereocenters. The number of aryl methyl sites for hydroxylation is 1. The second-order valence-electron chi connectivity index (χ2n) is 6.52. The van der Waals surface area contributed by atoms with Gasteiger partial charge in [-0.05, 0) is 31.9 Å². The van der Waals surface area contributed by atoms with E-state index in [9.17, 15) is 5.11 Å². The molecule has 1 aromatic heterocycles. The van der Waals surface area contributed by atoms with Gasteiger partial charge in [-0.15, -0.1) is 0 Å². The number of benzene rings is 1. The molecule has 0 radical (unpaired) electrons. The van der Waals surface area contributed by atoms with Crippen molar-refractivity contribution in [3.05, 3.63) is 29.5 Å². The van der Waals surface area contributed by atoms with Gasteiger partial charge in [0, 0.05) is 13.0 Å². The third-order valence-electron chi connectivity index (χ3n) is 4.59. The fourth-order valence-electron chi connectivity index (χ4n) is 3.04. The van der Waals surface area contributed by atoms with Crippen LogP contribution in [0.15, 0.2) is 18.2 Å². The molecule has 0 bridgehead atoms. The van der Waals surface area contributed by atoms with Crippen LogP contribution in [0.1, 0.15) is 51.3 Å². The van der Waals surface area contributed by atoms with Gasteiger partial charge in [0.2, 0.25) is 5.52 Å². The molecule has 0 saturated carbocycles. The Morgan fingerprint density at radius 3 is 2.62 bits per heavy atom. The number of nitrogens with one attached hydrogen (secondary N) is 2. The Balaban J connectivity index is 2.34. The SMILES string of the molecule is CCCC[NH+](CC)Cc1c(C)[nH+]c2ccc(OCCC)cc2c1O. The van der Waals surface area contributed by atoms with E-state index in [4.69, 9.17) is 4.74 Å². The maximum Gasteiger partial charge on any atom is 0.215 e. The van der Waals surface area contributed by atoms with Crippen LogP contribution in [0.3, 0.4) is 0 Å². The van der Waals surface area contributed by atoms with E-state index in [0.717, 1.165) is 54.0 Å². The maximum absolute atomic E-state index is 10.9. The first-order valence-corrected chi connectivity index (χ1v) is 9.24. The van der Waals surface area contributed by atoms with Crippen molar-refractivity contribution in [1.29, 1.82) is 0 Å². The summed E-state index contributed by atoms with van der Waals surface area (Å²) in [6, 6.07) is 5.88. The van der Waals surface area contributed by atoms with E-state index in [0.29, 0.717) is 12.4 Å². The molecule has 0 fully saturated rings. The van der Waals surface area contributed by atoms with Gasteiger partial charge in [-0.1, -0.05) is 20.3 Å². The Hall–Kier alpha value is -1.81. The second kappa shape index (κ2) is 8.88. The number of quaternary nitrogens is 1. The Morgan fingerprint density at radius 1 is 1.17 bits per heavy atom. The van der Waals surface area contributed by atoms with E-state index in [2.05, 4.69) is 25.8 Å². The standard InChI is InChI=1S/C20H30N2O2/c1-5-8-11-22(7-3)14-18-15(4)21-19-10-9-16(24-12-6-2)13-17(19)20(18)23/h9-10,13H,5-8,11-12,14H2,1-4H3,(H,21,23)/p+2. The van der Waals surface area contributed by atoms with Crippen molar-refractivity contribution in [3.8, 4) is 11.5 Å². The lowest BCUT2D eigenvalue weighted by Crippen LogP contribution is -3.10. The summed E-state index contributed by atoms with van der Waals surface area (Å²) in [7, 11) is 0. The molecule has 24 heavy (non-hydrogen) atoms. The predicted octanol–water partition coefficient (Wildman–Crippen LogP) is 2.66. The summed E-state index contributed by atoms with van der Waals surface area (Å²) in [5.74, 6) is 1.21. The molecule has 2 aromatic rings. The van der Waals surface area contributed by atoms with Gasteiger partial charge < -0.3 is 14.7 Å². The van der Waals surface area contributed by atoms with Gasteiger partial charge in [0.25, 0.3) is 0 Å². The van der Waals surface area contributed by atoms with Crippen LogP contribution in [0.25, 0.3) is 10.9 Å². The summed E-state index contributed by atoms with van der Waals surface area (Å²) in [4.78, 5) is 4.94. The topological polar surface area (TPSA) is 48.0 Å². The van der Waals surface area contributed by atoms with Gasteiger partial charge in [0.15, 0.2) is 5.69 Å².